The van der Waals surface area contributed by atoms with Gasteiger partial charge in [-0.3, -0.25) is 9.78 Å². The topological polar surface area (TPSA) is 59.4 Å². The number of ether oxygens (including phenoxy) is 1. The van der Waals surface area contributed by atoms with E-state index in [2.05, 4.69) is 71.7 Å². The largest absolute Gasteiger partial charge is 0.469 e. The molecule has 3 aromatic rings. The third-order valence-electron chi connectivity index (χ3n) is 6.92. The number of methoxy groups -OCH3 is 1. The summed E-state index contributed by atoms with van der Waals surface area (Å²) in [4.78, 5) is 18.6. The first-order chi connectivity index (χ1) is 16.9. The number of carbonyl (C=O) groups is 1. The molecule has 1 aliphatic heterocycles. The smallest absolute Gasteiger partial charge is 0.305 e. The predicted molar refractivity (Wildman–Crippen MR) is 143 cm³/mol. The van der Waals surface area contributed by atoms with Crippen LogP contribution < -0.4 is 5.32 Å². The van der Waals surface area contributed by atoms with E-state index in [-0.39, 0.29) is 18.1 Å². The monoisotopic (exact) mass is 490 g/mol. The van der Waals surface area contributed by atoms with Crippen molar-refractivity contribution in [1.82, 2.24) is 19.8 Å². The summed E-state index contributed by atoms with van der Waals surface area (Å²) in [6.07, 6.45) is 3.81. The molecule has 3 heterocycles. The molecule has 0 unspecified atom stereocenters. The first-order valence-electron chi connectivity index (χ1n) is 12.2. The van der Waals surface area contributed by atoms with Crippen LogP contribution in [0.1, 0.15) is 65.6 Å². The lowest BCUT2D eigenvalue weighted by atomic mass is 9.96. The van der Waals surface area contributed by atoms with Gasteiger partial charge < -0.3 is 19.5 Å². The number of rotatable bonds is 8. The summed E-state index contributed by atoms with van der Waals surface area (Å²) < 4.78 is 7.23. The zero-order valence-corrected chi connectivity index (χ0v) is 22.0. The fraction of sp³-hybridized carbons (Fsp3) is 0.393. The Morgan fingerprint density at radius 1 is 1.17 bits per heavy atom. The Labute approximate surface area is 213 Å². The second-order valence-electron chi connectivity index (χ2n) is 9.10. The van der Waals surface area contributed by atoms with Crippen molar-refractivity contribution in [2.24, 2.45) is 0 Å². The zero-order chi connectivity index (χ0) is 25.1. The predicted octanol–water partition coefficient (Wildman–Crippen LogP) is 5.29. The normalized spacial score (nSPS) is 17.5. The number of hydrogen-bond donors (Lipinski definition) is 1. The molecular weight excluding hydrogens is 456 g/mol. The lowest BCUT2D eigenvalue weighted by molar-refractivity contribution is -0.140. The Morgan fingerprint density at radius 2 is 1.97 bits per heavy atom. The average molecular weight is 491 g/mol. The first kappa shape index (κ1) is 24.9. The van der Waals surface area contributed by atoms with Crippen molar-refractivity contribution in [3.05, 3.63) is 82.4 Å². The van der Waals surface area contributed by atoms with Crippen LogP contribution in [0.5, 0.6) is 0 Å². The second-order valence-corrected chi connectivity index (χ2v) is 9.48. The van der Waals surface area contributed by atoms with Gasteiger partial charge in [0.15, 0.2) is 5.11 Å². The van der Waals surface area contributed by atoms with E-state index < -0.39 is 0 Å². The Bertz CT molecular complexity index is 1220. The highest BCUT2D eigenvalue weighted by molar-refractivity contribution is 7.80. The quantitative estimate of drug-likeness (QED) is 0.342. The van der Waals surface area contributed by atoms with Gasteiger partial charge in [0.2, 0.25) is 0 Å². The molecule has 184 valence electrons. The Kier molecular flexibility index (Phi) is 7.55. The summed E-state index contributed by atoms with van der Waals surface area (Å²) in [6, 6.07) is 14.7. The molecule has 0 spiro atoms. The van der Waals surface area contributed by atoms with Gasteiger partial charge in [-0.2, -0.15) is 0 Å². The number of nitrogens with one attached hydrogen (secondary N) is 1. The molecule has 4 rings (SSSR count). The van der Waals surface area contributed by atoms with Gasteiger partial charge in [0, 0.05) is 30.6 Å². The van der Waals surface area contributed by atoms with Gasteiger partial charge in [-0.1, -0.05) is 31.2 Å². The minimum atomic E-state index is -0.203. The van der Waals surface area contributed by atoms with Gasteiger partial charge in [-0.25, -0.2) is 0 Å². The molecule has 6 nitrogen and oxygen atoms in total. The van der Waals surface area contributed by atoms with Crippen LogP contribution in [-0.4, -0.2) is 39.2 Å². The van der Waals surface area contributed by atoms with E-state index in [9.17, 15) is 4.79 Å². The minimum Gasteiger partial charge on any atom is -0.469 e. The third-order valence-corrected chi connectivity index (χ3v) is 7.27. The molecule has 1 aliphatic rings. The molecule has 0 aliphatic carbocycles. The number of carbonyl (C=O) groups excluding carboxylic acids is 1. The maximum absolute atomic E-state index is 11.8. The number of benzene rings is 1. The van der Waals surface area contributed by atoms with Crippen LogP contribution in [0.25, 0.3) is 5.69 Å². The molecule has 0 amide bonds. The number of aromatic nitrogens is 2. The Balaban J connectivity index is 1.80. The molecule has 1 saturated heterocycles. The molecule has 1 N–H and O–H groups in total. The highest BCUT2D eigenvalue weighted by Crippen LogP contribution is 2.42. The van der Waals surface area contributed by atoms with E-state index in [0.717, 1.165) is 12.1 Å². The summed E-state index contributed by atoms with van der Waals surface area (Å²) in [6.45, 7) is 9.39. The average Bonchev–Trinajstić information content (AvgIpc) is 3.34. The van der Waals surface area contributed by atoms with Crippen molar-refractivity contribution in [1.29, 1.82) is 0 Å². The highest BCUT2D eigenvalue weighted by atomic mass is 32.1. The van der Waals surface area contributed by atoms with Crippen molar-refractivity contribution in [3.63, 3.8) is 0 Å². The van der Waals surface area contributed by atoms with Crippen molar-refractivity contribution < 1.29 is 9.53 Å². The van der Waals surface area contributed by atoms with Crippen LogP contribution in [0.15, 0.2) is 48.7 Å². The molecule has 1 fully saturated rings. The lowest BCUT2D eigenvalue weighted by Gasteiger charge is -2.28. The number of hydrogen-bond acceptors (Lipinski definition) is 4. The van der Waals surface area contributed by atoms with Crippen LogP contribution in [0.3, 0.4) is 0 Å². The van der Waals surface area contributed by atoms with Crippen LogP contribution in [0.2, 0.25) is 0 Å². The van der Waals surface area contributed by atoms with Gasteiger partial charge in [-0.15, -0.1) is 0 Å². The molecule has 2 aromatic heterocycles. The minimum absolute atomic E-state index is 0.0379. The maximum atomic E-state index is 11.8. The molecule has 0 radical (unpaired) electrons. The summed E-state index contributed by atoms with van der Waals surface area (Å²) in [5.41, 5.74) is 8.40. The number of esters is 1. The Hall–Kier alpha value is -3.19. The number of para-hydroxylation sites is 1. The van der Waals surface area contributed by atoms with Crippen molar-refractivity contribution in [2.45, 2.75) is 59.0 Å². The van der Waals surface area contributed by atoms with E-state index in [0.29, 0.717) is 24.5 Å². The maximum Gasteiger partial charge on any atom is 0.305 e. The molecule has 1 aromatic carbocycles. The fourth-order valence-corrected chi connectivity index (χ4v) is 5.57. The number of aryl methyl sites for hydroxylation is 3. The molecular formula is C28H34N4O2S. The van der Waals surface area contributed by atoms with Crippen molar-refractivity contribution in [3.8, 4) is 5.69 Å². The first-order valence-corrected chi connectivity index (χ1v) is 12.6. The van der Waals surface area contributed by atoms with Gasteiger partial charge in [0.1, 0.15) is 0 Å². The van der Waals surface area contributed by atoms with E-state index in [4.69, 9.17) is 17.0 Å². The van der Waals surface area contributed by atoms with E-state index in [1.54, 1.807) is 0 Å². The highest BCUT2D eigenvalue weighted by Gasteiger charge is 2.41. The van der Waals surface area contributed by atoms with E-state index in [1.165, 1.54) is 40.9 Å². The molecule has 2 atom stereocenters. The summed E-state index contributed by atoms with van der Waals surface area (Å²) in [5, 5.41) is 4.21. The van der Waals surface area contributed by atoms with E-state index in [1.807, 2.05) is 24.4 Å². The zero-order valence-electron chi connectivity index (χ0n) is 21.2. The third kappa shape index (κ3) is 4.82. The summed E-state index contributed by atoms with van der Waals surface area (Å²) in [5.74, 6) is -0.203. The number of thiocarbonyl (C=S) groups is 1. The van der Waals surface area contributed by atoms with Gasteiger partial charge >= 0.3 is 5.97 Å². The van der Waals surface area contributed by atoms with Gasteiger partial charge in [0.05, 0.1) is 30.6 Å². The fourth-order valence-electron chi connectivity index (χ4n) is 5.24. The standard InChI is InChI=1S/C28H34N4O2S/c1-6-21-12-9-11-18(2)26(21)32-19(3)17-22(20(32)4)27-25(23-13-7-8-15-29-23)30-28(35)31(27)16-10-14-24(33)34-5/h7-9,11-13,15,17,25,27H,6,10,14,16H2,1-5H3,(H,30,35)/t25-,27+/m1/s1. The van der Waals surface area contributed by atoms with Crippen LogP contribution in [0.4, 0.5) is 0 Å². The van der Waals surface area contributed by atoms with Crippen molar-refractivity contribution in [2.75, 3.05) is 13.7 Å². The van der Waals surface area contributed by atoms with E-state index >= 15 is 0 Å². The summed E-state index contributed by atoms with van der Waals surface area (Å²) >= 11 is 5.80. The summed E-state index contributed by atoms with van der Waals surface area (Å²) in [7, 11) is 1.43. The van der Waals surface area contributed by atoms with Gasteiger partial charge in [0.25, 0.3) is 0 Å². The molecule has 7 heteroatoms. The van der Waals surface area contributed by atoms with Gasteiger partial charge in [-0.05, 0) is 80.7 Å². The Morgan fingerprint density at radius 3 is 2.66 bits per heavy atom. The number of pyridine rings is 1. The van der Waals surface area contributed by atoms with Crippen molar-refractivity contribution >= 4 is 23.3 Å². The number of nitrogens with zero attached hydrogens (tertiary/aromatic N) is 3. The molecule has 0 bridgehead atoms. The van der Waals surface area contributed by atoms with Crippen LogP contribution >= 0.6 is 12.2 Å². The molecule has 35 heavy (non-hydrogen) atoms. The lowest BCUT2D eigenvalue weighted by Crippen LogP contribution is -2.31. The molecule has 0 saturated carbocycles. The SMILES string of the molecule is CCc1cccc(C)c1-n1c(C)cc([C@H]2[C@@H](c3ccccn3)NC(=S)N2CCCC(=O)OC)c1C. The van der Waals surface area contributed by atoms with Crippen LogP contribution in [-0.2, 0) is 16.0 Å². The second kappa shape index (κ2) is 10.6. The van der Waals surface area contributed by atoms with Crippen LogP contribution in [0, 0.1) is 20.8 Å².